The van der Waals surface area contributed by atoms with E-state index in [2.05, 4.69) is 26.1 Å². The third-order valence-corrected chi connectivity index (χ3v) is 3.27. The van der Waals surface area contributed by atoms with E-state index in [1.54, 1.807) is 19.1 Å². The highest BCUT2D eigenvalue weighted by Gasteiger charge is 2.12. The van der Waals surface area contributed by atoms with Crippen LogP contribution in [-0.4, -0.2) is 11.0 Å². The molecule has 0 aliphatic carbocycles. The predicted octanol–water partition coefficient (Wildman–Crippen LogP) is 4.14. The van der Waals surface area contributed by atoms with Crippen LogP contribution in [-0.2, 0) is 0 Å². The summed E-state index contributed by atoms with van der Waals surface area (Å²) in [7, 11) is 0. The topological polar surface area (TPSA) is 55.2 Å². The molecule has 100 valence electrons. The highest BCUT2D eigenvalue weighted by molar-refractivity contribution is 5.55. The summed E-state index contributed by atoms with van der Waals surface area (Å²) >= 11 is 0. The summed E-state index contributed by atoms with van der Waals surface area (Å²) in [5.74, 6) is 0.660. The molecule has 0 saturated heterocycles. The van der Waals surface area contributed by atoms with E-state index >= 15 is 0 Å². The Kier molecular flexibility index (Phi) is 5.13. The smallest absolute Gasteiger partial charge is 0.274 e. The van der Waals surface area contributed by atoms with Gasteiger partial charge in [0.2, 0.25) is 0 Å². The van der Waals surface area contributed by atoms with Crippen molar-refractivity contribution in [1.82, 2.24) is 0 Å². The van der Waals surface area contributed by atoms with Gasteiger partial charge in [0.1, 0.15) is 0 Å². The molecule has 1 rings (SSSR count). The minimum Gasteiger partial charge on any atom is -0.382 e. The first-order valence-corrected chi connectivity index (χ1v) is 6.45. The van der Waals surface area contributed by atoms with Crippen LogP contribution in [0.1, 0.15) is 39.2 Å². The van der Waals surface area contributed by atoms with E-state index in [-0.39, 0.29) is 10.6 Å². The largest absolute Gasteiger partial charge is 0.382 e. The summed E-state index contributed by atoms with van der Waals surface area (Å²) in [4.78, 5) is 10.5. The van der Waals surface area contributed by atoms with Crippen LogP contribution in [0.4, 0.5) is 11.4 Å². The first-order chi connectivity index (χ1) is 8.43. The molecule has 1 aromatic rings. The van der Waals surface area contributed by atoms with Gasteiger partial charge < -0.3 is 5.32 Å². The Bertz CT molecular complexity index is 418. The number of benzene rings is 1. The standard InChI is InChI=1S/C14H22N2O2/c1-5-10(2)8-12(4)15-13-7-6-11(3)14(9-13)16(17)18/h6-7,9-10,12,15H,5,8H2,1-4H3. The Morgan fingerprint density at radius 3 is 2.61 bits per heavy atom. The van der Waals surface area contributed by atoms with Crippen LogP contribution >= 0.6 is 0 Å². The van der Waals surface area contributed by atoms with E-state index in [1.807, 2.05) is 6.07 Å². The number of aryl methyl sites for hydroxylation is 1. The van der Waals surface area contributed by atoms with Gasteiger partial charge in [0.15, 0.2) is 0 Å². The van der Waals surface area contributed by atoms with Crippen LogP contribution in [0, 0.1) is 23.0 Å². The fourth-order valence-electron chi connectivity index (χ4n) is 2.01. The number of nitro groups is 1. The van der Waals surface area contributed by atoms with Crippen molar-refractivity contribution >= 4 is 11.4 Å². The van der Waals surface area contributed by atoms with Gasteiger partial charge in [-0.1, -0.05) is 26.3 Å². The lowest BCUT2D eigenvalue weighted by molar-refractivity contribution is -0.385. The maximum absolute atomic E-state index is 10.9. The van der Waals surface area contributed by atoms with Crippen molar-refractivity contribution in [3.05, 3.63) is 33.9 Å². The molecule has 1 aromatic carbocycles. The molecule has 1 N–H and O–H groups in total. The SMILES string of the molecule is CCC(C)CC(C)Nc1ccc(C)c([N+](=O)[O-])c1. The van der Waals surface area contributed by atoms with Crippen LogP contribution in [0.5, 0.6) is 0 Å². The minimum atomic E-state index is -0.333. The molecule has 0 aliphatic heterocycles. The Balaban J connectivity index is 2.73. The summed E-state index contributed by atoms with van der Waals surface area (Å²) in [6.45, 7) is 8.26. The van der Waals surface area contributed by atoms with Gasteiger partial charge >= 0.3 is 0 Å². The van der Waals surface area contributed by atoms with Gasteiger partial charge in [-0.15, -0.1) is 0 Å². The van der Waals surface area contributed by atoms with Gasteiger partial charge in [0.05, 0.1) is 4.92 Å². The number of nitrogens with zero attached hydrogens (tertiary/aromatic N) is 1. The zero-order valence-electron chi connectivity index (χ0n) is 11.6. The lowest BCUT2D eigenvalue weighted by atomic mass is 10.00. The van der Waals surface area contributed by atoms with Crippen LogP contribution in [0.15, 0.2) is 18.2 Å². The second-order valence-corrected chi connectivity index (χ2v) is 5.05. The summed E-state index contributed by atoms with van der Waals surface area (Å²) in [6.07, 6.45) is 2.22. The molecule has 0 heterocycles. The molecular weight excluding hydrogens is 228 g/mol. The van der Waals surface area contributed by atoms with Crippen molar-refractivity contribution in [3.63, 3.8) is 0 Å². The van der Waals surface area contributed by atoms with Gasteiger partial charge in [0.25, 0.3) is 5.69 Å². The molecule has 0 fully saturated rings. The van der Waals surface area contributed by atoms with E-state index in [1.165, 1.54) is 0 Å². The third kappa shape index (κ3) is 4.02. The summed E-state index contributed by atoms with van der Waals surface area (Å²) in [5, 5.41) is 14.2. The quantitative estimate of drug-likeness (QED) is 0.609. The second kappa shape index (κ2) is 6.38. The highest BCUT2D eigenvalue weighted by atomic mass is 16.6. The van der Waals surface area contributed by atoms with Crippen molar-refractivity contribution in [2.24, 2.45) is 5.92 Å². The van der Waals surface area contributed by atoms with Crippen LogP contribution in [0.25, 0.3) is 0 Å². The fraction of sp³-hybridized carbons (Fsp3) is 0.571. The van der Waals surface area contributed by atoms with E-state index in [4.69, 9.17) is 0 Å². The summed E-state index contributed by atoms with van der Waals surface area (Å²) in [5.41, 5.74) is 1.69. The maximum atomic E-state index is 10.9. The van der Waals surface area contributed by atoms with Gasteiger partial charge in [0, 0.05) is 23.4 Å². The Hall–Kier alpha value is -1.58. The number of rotatable bonds is 6. The minimum absolute atomic E-state index is 0.177. The van der Waals surface area contributed by atoms with Crippen LogP contribution in [0.2, 0.25) is 0 Å². The van der Waals surface area contributed by atoms with Gasteiger partial charge in [-0.25, -0.2) is 0 Å². The molecule has 0 spiro atoms. The zero-order valence-corrected chi connectivity index (χ0v) is 11.6. The van der Waals surface area contributed by atoms with Gasteiger partial charge in [-0.3, -0.25) is 10.1 Å². The first kappa shape index (κ1) is 14.5. The molecule has 0 amide bonds. The van der Waals surface area contributed by atoms with E-state index in [0.29, 0.717) is 17.5 Å². The number of hydrogen-bond acceptors (Lipinski definition) is 3. The zero-order chi connectivity index (χ0) is 13.7. The van der Waals surface area contributed by atoms with Crippen molar-refractivity contribution in [2.45, 2.75) is 46.6 Å². The maximum Gasteiger partial charge on any atom is 0.274 e. The van der Waals surface area contributed by atoms with E-state index < -0.39 is 0 Å². The normalized spacial score (nSPS) is 14.0. The highest BCUT2D eigenvalue weighted by Crippen LogP contribution is 2.23. The predicted molar refractivity (Wildman–Crippen MR) is 75.0 cm³/mol. The lowest BCUT2D eigenvalue weighted by Gasteiger charge is -2.18. The third-order valence-electron chi connectivity index (χ3n) is 3.27. The molecule has 0 radical (unpaired) electrons. The molecule has 2 unspecified atom stereocenters. The number of nitrogens with one attached hydrogen (secondary N) is 1. The molecule has 0 bridgehead atoms. The van der Waals surface area contributed by atoms with Crippen molar-refractivity contribution in [3.8, 4) is 0 Å². The number of hydrogen-bond donors (Lipinski definition) is 1. The van der Waals surface area contributed by atoms with Crippen LogP contribution < -0.4 is 5.32 Å². The molecule has 0 saturated carbocycles. The first-order valence-electron chi connectivity index (χ1n) is 6.45. The van der Waals surface area contributed by atoms with Crippen molar-refractivity contribution in [2.75, 3.05) is 5.32 Å². The number of nitro benzene ring substituents is 1. The second-order valence-electron chi connectivity index (χ2n) is 5.05. The average molecular weight is 250 g/mol. The summed E-state index contributed by atoms with van der Waals surface area (Å²) < 4.78 is 0. The average Bonchev–Trinajstić information content (AvgIpc) is 2.31. The Morgan fingerprint density at radius 1 is 1.39 bits per heavy atom. The molecule has 0 aromatic heterocycles. The molecule has 18 heavy (non-hydrogen) atoms. The Labute approximate surface area is 109 Å². The van der Waals surface area contributed by atoms with Crippen molar-refractivity contribution in [1.29, 1.82) is 0 Å². The van der Waals surface area contributed by atoms with Gasteiger partial charge in [-0.05, 0) is 32.3 Å². The van der Waals surface area contributed by atoms with Crippen molar-refractivity contribution < 1.29 is 4.92 Å². The molecule has 4 heteroatoms. The monoisotopic (exact) mass is 250 g/mol. The summed E-state index contributed by atoms with van der Waals surface area (Å²) in [6, 6.07) is 5.62. The molecular formula is C14H22N2O2. The van der Waals surface area contributed by atoms with E-state index in [9.17, 15) is 10.1 Å². The van der Waals surface area contributed by atoms with E-state index in [0.717, 1.165) is 18.5 Å². The molecule has 2 atom stereocenters. The lowest BCUT2D eigenvalue weighted by Crippen LogP contribution is -2.18. The number of anilines is 1. The Morgan fingerprint density at radius 2 is 2.06 bits per heavy atom. The van der Waals surface area contributed by atoms with Gasteiger partial charge in [-0.2, -0.15) is 0 Å². The van der Waals surface area contributed by atoms with Crippen LogP contribution in [0.3, 0.4) is 0 Å². The fourth-order valence-corrected chi connectivity index (χ4v) is 2.01. The molecule has 0 aliphatic rings. The molecule has 4 nitrogen and oxygen atoms in total.